The number of amides is 3. The lowest BCUT2D eigenvalue weighted by atomic mass is 10.0. The second kappa shape index (κ2) is 8.85. The number of para-hydroxylation sites is 1. The molecule has 35 heavy (non-hydrogen) atoms. The molecular formula is C27H24FN3O3S. The minimum absolute atomic E-state index is 0.0683. The Morgan fingerprint density at radius 2 is 1.80 bits per heavy atom. The van der Waals surface area contributed by atoms with E-state index in [1.54, 1.807) is 30.3 Å². The van der Waals surface area contributed by atoms with Crippen LogP contribution in [0.1, 0.15) is 30.9 Å². The molecule has 1 N–H and O–H groups in total. The molecule has 0 bridgehead atoms. The summed E-state index contributed by atoms with van der Waals surface area (Å²) in [6.07, 6.45) is 0. The van der Waals surface area contributed by atoms with Crippen molar-refractivity contribution in [2.75, 3.05) is 27.4 Å². The number of nitrogens with one attached hydrogen (secondary N) is 1. The first-order valence-electron chi connectivity index (χ1n) is 11.3. The number of hydrogen-bond donors (Lipinski definition) is 1. The second-order valence-corrected chi connectivity index (χ2v) is 10.0. The van der Waals surface area contributed by atoms with Crippen LogP contribution < -0.4 is 15.1 Å². The van der Waals surface area contributed by atoms with Gasteiger partial charge in [0.1, 0.15) is 12.4 Å². The summed E-state index contributed by atoms with van der Waals surface area (Å²) in [5.41, 5.74) is 3.28. The highest BCUT2D eigenvalue weighted by atomic mass is 32.2. The zero-order valence-electron chi connectivity index (χ0n) is 19.3. The van der Waals surface area contributed by atoms with Crippen LogP contribution in [0.25, 0.3) is 0 Å². The topological polar surface area (TPSA) is 69.7 Å². The summed E-state index contributed by atoms with van der Waals surface area (Å²) < 4.78 is 14.0. The smallest absolute Gasteiger partial charge is 0.269 e. The van der Waals surface area contributed by atoms with Gasteiger partial charge in [0.2, 0.25) is 16.7 Å². The zero-order valence-corrected chi connectivity index (χ0v) is 20.1. The molecule has 1 spiro atoms. The highest BCUT2D eigenvalue weighted by Crippen LogP contribution is 2.55. The van der Waals surface area contributed by atoms with Gasteiger partial charge in [-0.1, -0.05) is 50.2 Å². The van der Waals surface area contributed by atoms with Crippen molar-refractivity contribution in [2.45, 2.75) is 24.6 Å². The summed E-state index contributed by atoms with van der Waals surface area (Å²) in [5.74, 6) is -1.10. The Kier molecular flexibility index (Phi) is 5.84. The van der Waals surface area contributed by atoms with Gasteiger partial charge < -0.3 is 5.32 Å². The zero-order chi connectivity index (χ0) is 24.7. The van der Waals surface area contributed by atoms with E-state index in [0.29, 0.717) is 28.5 Å². The molecule has 0 aromatic heterocycles. The van der Waals surface area contributed by atoms with Crippen LogP contribution in [-0.4, -0.2) is 30.0 Å². The summed E-state index contributed by atoms with van der Waals surface area (Å²) in [6.45, 7) is 3.98. The molecule has 1 atom stereocenters. The van der Waals surface area contributed by atoms with E-state index < -0.39 is 16.6 Å². The summed E-state index contributed by atoms with van der Waals surface area (Å²) in [5, 5.41) is 2.85. The third-order valence-corrected chi connectivity index (χ3v) is 7.68. The lowest BCUT2D eigenvalue weighted by Crippen LogP contribution is -2.50. The van der Waals surface area contributed by atoms with Crippen LogP contribution in [0.5, 0.6) is 0 Å². The number of fused-ring (bicyclic) bond motifs is 2. The summed E-state index contributed by atoms with van der Waals surface area (Å²) >= 11 is 1.19. The first-order chi connectivity index (χ1) is 16.8. The highest BCUT2D eigenvalue weighted by molar-refractivity contribution is 8.02. The van der Waals surface area contributed by atoms with Crippen LogP contribution in [0.2, 0.25) is 0 Å². The summed E-state index contributed by atoms with van der Waals surface area (Å²) in [6, 6.07) is 20.4. The SMILES string of the molecule is CC(C)c1ccc(NC(=O)CN2C(=O)[C@@]3(SCC(=O)N3c3cccc(F)c3)c3ccccc32)cc1. The molecule has 0 radical (unpaired) electrons. The third kappa shape index (κ3) is 3.87. The Balaban J connectivity index is 1.46. The third-order valence-electron chi connectivity index (χ3n) is 6.29. The standard InChI is InChI=1S/C27H24FN3O3S/c1-17(2)18-10-12-20(13-11-18)29-24(32)15-30-23-9-4-3-8-22(23)27(26(30)34)31(25(33)16-35-27)21-7-5-6-19(28)14-21/h3-14,17H,15-16H2,1-2H3,(H,29,32)/t27-/m0/s1. The molecule has 0 aliphatic carbocycles. The van der Waals surface area contributed by atoms with Gasteiger partial charge in [-0.15, -0.1) is 11.8 Å². The van der Waals surface area contributed by atoms with Crippen molar-refractivity contribution in [2.24, 2.45) is 0 Å². The van der Waals surface area contributed by atoms with Gasteiger partial charge in [0.15, 0.2) is 0 Å². The molecule has 3 amide bonds. The van der Waals surface area contributed by atoms with Crippen LogP contribution >= 0.6 is 11.8 Å². The first kappa shape index (κ1) is 23.1. The van der Waals surface area contributed by atoms with Gasteiger partial charge in [0.25, 0.3) is 5.91 Å². The van der Waals surface area contributed by atoms with Gasteiger partial charge in [-0.3, -0.25) is 24.2 Å². The Morgan fingerprint density at radius 1 is 1.06 bits per heavy atom. The van der Waals surface area contributed by atoms with Crippen LogP contribution in [0.4, 0.5) is 21.5 Å². The molecule has 5 rings (SSSR count). The van der Waals surface area contributed by atoms with Crippen molar-refractivity contribution in [3.63, 3.8) is 0 Å². The molecule has 0 saturated carbocycles. The van der Waals surface area contributed by atoms with Gasteiger partial charge >= 0.3 is 0 Å². The molecule has 178 valence electrons. The lowest BCUT2D eigenvalue weighted by molar-refractivity contribution is -0.124. The fourth-order valence-electron chi connectivity index (χ4n) is 4.62. The Hall–Kier alpha value is -3.65. The first-order valence-corrected chi connectivity index (χ1v) is 12.3. The average molecular weight is 490 g/mol. The predicted octanol–water partition coefficient (Wildman–Crippen LogP) is 4.87. The molecule has 3 aromatic rings. The van der Waals surface area contributed by atoms with E-state index in [2.05, 4.69) is 19.2 Å². The monoisotopic (exact) mass is 489 g/mol. The van der Waals surface area contributed by atoms with Crippen molar-refractivity contribution in [1.82, 2.24) is 0 Å². The van der Waals surface area contributed by atoms with Crippen LogP contribution in [0.15, 0.2) is 72.8 Å². The maximum atomic E-state index is 14.0. The highest BCUT2D eigenvalue weighted by Gasteiger charge is 2.61. The Bertz CT molecular complexity index is 1330. The van der Waals surface area contributed by atoms with E-state index in [4.69, 9.17) is 0 Å². The normalized spacial score (nSPS) is 19.1. The van der Waals surface area contributed by atoms with E-state index in [1.807, 2.05) is 24.3 Å². The number of halogens is 1. The number of hydrogen-bond acceptors (Lipinski definition) is 4. The molecule has 2 aliphatic heterocycles. The Morgan fingerprint density at radius 3 is 2.51 bits per heavy atom. The van der Waals surface area contributed by atoms with Crippen LogP contribution in [-0.2, 0) is 19.3 Å². The molecule has 1 saturated heterocycles. The van der Waals surface area contributed by atoms with Crippen molar-refractivity contribution in [3.8, 4) is 0 Å². The molecule has 3 aromatic carbocycles. The second-order valence-electron chi connectivity index (χ2n) is 8.88. The minimum atomic E-state index is -1.39. The van der Waals surface area contributed by atoms with Gasteiger partial charge in [-0.25, -0.2) is 4.39 Å². The molecular weight excluding hydrogens is 465 g/mol. The summed E-state index contributed by atoms with van der Waals surface area (Å²) in [7, 11) is 0. The molecule has 1 fully saturated rings. The van der Waals surface area contributed by atoms with Crippen molar-refractivity contribution in [1.29, 1.82) is 0 Å². The molecule has 8 heteroatoms. The van der Waals surface area contributed by atoms with Crippen LogP contribution in [0.3, 0.4) is 0 Å². The lowest BCUT2D eigenvalue weighted by Gasteiger charge is -2.33. The number of anilines is 3. The van der Waals surface area contributed by atoms with E-state index in [1.165, 1.54) is 39.8 Å². The average Bonchev–Trinajstić information content (AvgIpc) is 3.30. The van der Waals surface area contributed by atoms with E-state index >= 15 is 0 Å². The Labute approximate surface area is 207 Å². The number of carbonyl (C=O) groups is 3. The molecule has 2 heterocycles. The van der Waals surface area contributed by atoms with Gasteiger partial charge in [-0.05, 0) is 47.9 Å². The largest absolute Gasteiger partial charge is 0.325 e. The number of rotatable bonds is 5. The van der Waals surface area contributed by atoms with Gasteiger partial charge in [-0.2, -0.15) is 0 Å². The number of benzene rings is 3. The quantitative estimate of drug-likeness (QED) is 0.555. The summed E-state index contributed by atoms with van der Waals surface area (Å²) in [4.78, 5) is 41.3. The van der Waals surface area contributed by atoms with Gasteiger partial charge in [0.05, 0.1) is 11.4 Å². The molecule has 0 unspecified atom stereocenters. The van der Waals surface area contributed by atoms with Crippen molar-refractivity contribution < 1.29 is 18.8 Å². The fourth-order valence-corrected chi connectivity index (χ4v) is 5.98. The van der Waals surface area contributed by atoms with E-state index in [9.17, 15) is 18.8 Å². The molecule has 2 aliphatic rings. The number of nitrogens with zero attached hydrogens (tertiary/aromatic N) is 2. The number of carbonyl (C=O) groups excluding carboxylic acids is 3. The fraction of sp³-hybridized carbons (Fsp3) is 0.222. The predicted molar refractivity (Wildman–Crippen MR) is 136 cm³/mol. The maximum Gasteiger partial charge on any atom is 0.269 e. The van der Waals surface area contributed by atoms with Crippen LogP contribution in [0, 0.1) is 5.82 Å². The minimum Gasteiger partial charge on any atom is -0.325 e. The maximum absolute atomic E-state index is 14.0. The van der Waals surface area contributed by atoms with Crippen molar-refractivity contribution in [3.05, 3.63) is 89.7 Å². The van der Waals surface area contributed by atoms with Gasteiger partial charge in [0, 0.05) is 16.9 Å². The van der Waals surface area contributed by atoms with E-state index in [0.717, 1.165) is 5.56 Å². The van der Waals surface area contributed by atoms with E-state index in [-0.39, 0.29) is 24.1 Å². The number of thioether (sulfide) groups is 1. The molecule has 6 nitrogen and oxygen atoms in total. The van der Waals surface area contributed by atoms with Crippen molar-refractivity contribution >= 4 is 46.5 Å².